The topological polar surface area (TPSA) is 49.7 Å². The molecule has 0 spiro atoms. The summed E-state index contributed by atoms with van der Waals surface area (Å²) in [6.45, 7) is 6.07. The summed E-state index contributed by atoms with van der Waals surface area (Å²) in [7, 11) is 0. The third-order valence-corrected chi connectivity index (χ3v) is 2.23. The van der Waals surface area contributed by atoms with Crippen LogP contribution >= 0.6 is 0 Å². The highest BCUT2D eigenvalue weighted by Gasteiger charge is 2.22. The van der Waals surface area contributed by atoms with Crippen molar-refractivity contribution in [2.24, 2.45) is 5.41 Å². The van der Waals surface area contributed by atoms with Gasteiger partial charge >= 0.3 is 0 Å². The Kier molecular flexibility index (Phi) is 3.58. The van der Waals surface area contributed by atoms with Crippen LogP contribution in [0.5, 0.6) is 11.5 Å². The van der Waals surface area contributed by atoms with E-state index in [2.05, 4.69) is 0 Å². The SMILES string of the molecule is CC(C)(C)C(O)COc1cccc(O)c1. The number of hydrogen-bond acceptors (Lipinski definition) is 3. The van der Waals surface area contributed by atoms with Crippen LogP contribution in [0.15, 0.2) is 24.3 Å². The number of rotatable bonds is 3. The summed E-state index contributed by atoms with van der Waals surface area (Å²) < 4.78 is 5.37. The molecule has 0 aliphatic heterocycles. The number of aromatic hydroxyl groups is 1. The molecule has 3 nitrogen and oxygen atoms in total. The summed E-state index contributed by atoms with van der Waals surface area (Å²) in [5, 5.41) is 18.9. The maximum Gasteiger partial charge on any atom is 0.123 e. The van der Waals surface area contributed by atoms with Crippen LogP contribution < -0.4 is 4.74 Å². The van der Waals surface area contributed by atoms with E-state index < -0.39 is 6.10 Å². The van der Waals surface area contributed by atoms with Crippen molar-refractivity contribution in [2.75, 3.05) is 6.61 Å². The van der Waals surface area contributed by atoms with Gasteiger partial charge in [0.2, 0.25) is 0 Å². The molecule has 0 saturated carbocycles. The molecule has 1 aromatic rings. The van der Waals surface area contributed by atoms with Crippen LogP contribution in [0.1, 0.15) is 20.8 Å². The Hall–Kier alpha value is -1.22. The summed E-state index contributed by atoms with van der Waals surface area (Å²) in [6.07, 6.45) is -0.528. The van der Waals surface area contributed by atoms with Gasteiger partial charge in [0.25, 0.3) is 0 Å². The second-order valence-electron chi connectivity index (χ2n) is 4.69. The number of hydrogen-bond donors (Lipinski definition) is 2. The van der Waals surface area contributed by atoms with Crippen LogP contribution in [0.4, 0.5) is 0 Å². The molecule has 3 heteroatoms. The van der Waals surface area contributed by atoms with E-state index in [0.29, 0.717) is 5.75 Å². The van der Waals surface area contributed by atoms with E-state index >= 15 is 0 Å². The first-order chi connectivity index (χ1) is 6.89. The fraction of sp³-hybridized carbons (Fsp3) is 0.500. The lowest BCUT2D eigenvalue weighted by Crippen LogP contribution is -2.31. The lowest BCUT2D eigenvalue weighted by atomic mass is 9.90. The summed E-state index contributed by atoms with van der Waals surface area (Å²) >= 11 is 0. The average molecular weight is 210 g/mol. The Morgan fingerprint density at radius 2 is 2.00 bits per heavy atom. The van der Waals surface area contributed by atoms with Crippen molar-refractivity contribution in [3.8, 4) is 11.5 Å². The number of aliphatic hydroxyl groups is 1. The van der Waals surface area contributed by atoms with Gasteiger partial charge in [-0.1, -0.05) is 26.8 Å². The Morgan fingerprint density at radius 3 is 2.53 bits per heavy atom. The highest BCUT2D eigenvalue weighted by molar-refractivity contribution is 5.31. The van der Waals surface area contributed by atoms with E-state index in [9.17, 15) is 10.2 Å². The molecule has 1 rings (SSSR count). The zero-order valence-electron chi connectivity index (χ0n) is 9.40. The van der Waals surface area contributed by atoms with E-state index in [-0.39, 0.29) is 17.8 Å². The van der Waals surface area contributed by atoms with Gasteiger partial charge in [-0.25, -0.2) is 0 Å². The number of phenols is 1. The maximum atomic E-state index is 9.73. The van der Waals surface area contributed by atoms with Crippen molar-refractivity contribution in [3.05, 3.63) is 24.3 Å². The van der Waals surface area contributed by atoms with E-state index in [1.165, 1.54) is 6.07 Å². The molecule has 0 saturated heterocycles. The molecule has 15 heavy (non-hydrogen) atoms. The van der Waals surface area contributed by atoms with Crippen molar-refractivity contribution in [2.45, 2.75) is 26.9 Å². The molecular weight excluding hydrogens is 192 g/mol. The molecule has 0 aliphatic rings. The highest BCUT2D eigenvalue weighted by Crippen LogP contribution is 2.22. The molecule has 0 fully saturated rings. The zero-order valence-corrected chi connectivity index (χ0v) is 9.40. The number of aliphatic hydroxyl groups excluding tert-OH is 1. The minimum Gasteiger partial charge on any atom is -0.508 e. The smallest absolute Gasteiger partial charge is 0.123 e. The van der Waals surface area contributed by atoms with E-state index in [4.69, 9.17) is 4.74 Å². The summed E-state index contributed by atoms with van der Waals surface area (Å²) in [5.41, 5.74) is -0.198. The van der Waals surface area contributed by atoms with Crippen LogP contribution in [-0.2, 0) is 0 Å². The lowest BCUT2D eigenvalue weighted by molar-refractivity contribution is 0.0218. The van der Waals surface area contributed by atoms with Gasteiger partial charge in [0.15, 0.2) is 0 Å². The monoisotopic (exact) mass is 210 g/mol. The van der Waals surface area contributed by atoms with Crippen LogP contribution in [0, 0.1) is 5.41 Å². The first-order valence-electron chi connectivity index (χ1n) is 4.99. The predicted octanol–water partition coefficient (Wildman–Crippen LogP) is 2.18. The van der Waals surface area contributed by atoms with E-state index in [1.807, 2.05) is 20.8 Å². The Labute approximate surface area is 90.3 Å². The third-order valence-electron chi connectivity index (χ3n) is 2.23. The van der Waals surface area contributed by atoms with Gasteiger partial charge in [0.1, 0.15) is 18.1 Å². The maximum absolute atomic E-state index is 9.73. The van der Waals surface area contributed by atoms with Crippen molar-refractivity contribution in [3.63, 3.8) is 0 Å². The minimum absolute atomic E-state index is 0.165. The predicted molar refractivity (Wildman–Crippen MR) is 59.1 cm³/mol. The second kappa shape index (κ2) is 4.53. The van der Waals surface area contributed by atoms with Gasteiger partial charge in [-0.05, 0) is 17.5 Å². The van der Waals surface area contributed by atoms with Gasteiger partial charge < -0.3 is 14.9 Å². The van der Waals surface area contributed by atoms with Crippen LogP contribution in [0.25, 0.3) is 0 Å². The minimum atomic E-state index is -0.528. The fourth-order valence-corrected chi connectivity index (χ4v) is 0.998. The molecule has 0 radical (unpaired) electrons. The zero-order chi connectivity index (χ0) is 11.5. The van der Waals surface area contributed by atoms with E-state index in [0.717, 1.165) is 0 Å². The van der Waals surface area contributed by atoms with Crippen LogP contribution in [0.2, 0.25) is 0 Å². The van der Waals surface area contributed by atoms with Crippen LogP contribution in [-0.4, -0.2) is 22.9 Å². The van der Waals surface area contributed by atoms with Crippen molar-refractivity contribution < 1.29 is 14.9 Å². The molecule has 0 aliphatic carbocycles. The van der Waals surface area contributed by atoms with Crippen molar-refractivity contribution in [1.82, 2.24) is 0 Å². The number of benzene rings is 1. The molecule has 2 N–H and O–H groups in total. The standard InChI is InChI=1S/C12H18O3/c1-12(2,3)11(14)8-15-10-6-4-5-9(13)7-10/h4-7,11,13-14H,8H2,1-3H3. The molecule has 0 aromatic heterocycles. The summed E-state index contributed by atoms with van der Waals surface area (Å²) in [5.74, 6) is 0.732. The Morgan fingerprint density at radius 1 is 1.33 bits per heavy atom. The van der Waals surface area contributed by atoms with Gasteiger partial charge in [-0.3, -0.25) is 0 Å². The first-order valence-corrected chi connectivity index (χ1v) is 4.99. The molecule has 1 unspecified atom stereocenters. The molecule has 84 valence electrons. The molecule has 0 amide bonds. The molecule has 0 heterocycles. The third kappa shape index (κ3) is 3.80. The van der Waals surface area contributed by atoms with Crippen LogP contribution in [0.3, 0.4) is 0 Å². The molecule has 1 atom stereocenters. The average Bonchev–Trinajstić information content (AvgIpc) is 2.12. The Bertz CT molecular complexity index is 315. The Balaban J connectivity index is 2.51. The van der Waals surface area contributed by atoms with Crippen molar-refractivity contribution >= 4 is 0 Å². The lowest BCUT2D eigenvalue weighted by Gasteiger charge is -2.25. The van der Waals surface area contributed by atoms with E-state index in [1.54, 1.807) is 18.2 Å². The highest BCUT2D eigenvalue weighted by atomic mass is 16.5. The summed E-state index contributed by atoms with van der Waals surface area (Å²) in [4.78, 5) is 0. The van der Waals surface area contributed by atoms with Gasteiger partial charge in [-0.15, -0.1) is 0 Å². The second-order valence-corrected chi connectivity index (χ2v) is 4.69. The fourth-order valence-electron chi connectivity index (χ4n) is 0.998. The molecular formula is C12H18O3. The molecule has 0 bridgehead atoms. The van der Waals surface area contributed by atoms with Gasteiger partial charge in [0, 0.05) is 6.07 Å². The summed E-state index contributed by atoms with van der Waals surface area (Å²) in [6, 6.07) is 6.55. The largest absolute Gasteiger partial charge is 0.508 e. The van der Waals surface area contributed by atoms with Gasteiger partial charge in [-0.2, -0.15) is 0 Å². The first kappa shape index (κ1) is 11.9. The van der Waals surface area contributed by atoms with Crippen molar-refractivity contribution in [1.29, 1.82) is 0 Å². The molecule has 1 aromatic carbocycles. The normalized spacial score (nSPS) is 13.6. The quantitative estimate of drug-likeness (QED) is 0.804. The van der Waals surface area contributed by atoms with Gasteiger partial charge in [0.05, 0.1) is 6.10 Å². The number of ether oxygens (including phenoxy) is 1. The number of phenolic OH excluding ortho intramolecular Hbond substituents is 1.